The average Bonchev–Trinajstić information content (AvgIpc) is 3.27. The van der Waals surface area contributed by atoms with Crippen LogP contribution in [0.4, 0.5) is 5.69 Å². The molecule has 3 aliphatic heterocycles. The van der Waals surface area contributed by atoms with Crippen LogP contribution >= 0.6 is 24.8 Å². The summed E-state index contributed by atoms with van der Waals surface area (Å²) in [5.74, 6) is 0.237. The third kappa shape index (κ3) is 4.13. The quantitative estimate of drug-likeness (QED) is 0.823. The fourth-order valence-electron chi connectivity index (χ4n) is 4.63. The number of hydrogen-bond acceptors (Lipinski definition) is 3. The van der Waals surface area contributed by atoms with Crippen molar-refractivity contribution in [3.63, 3.8) is 0 Å². The highest BCUT2D eigenvalue weighted by Crippen LogP contribution is 2.37. The number of nitrogens with zero attached hydrogens (tertiary/aromatic N) is 2. The number of amides is 1. The highest BCUT2D eigenvalue weighted by molar-refractivity contribution is 6.00. The third-order valence-corrected chi connectivity index (χ3v) is 6.27. The number of aryl methyl sites for hydroxylation is 1. The number of anilines is 1. The molecule has 0 radical (unpaired) electrons. The number of benzene rings is 1. The van der Waals surface area contributed by atoms with Crippen molar-refractivity contribution < 1.29 is 4.79 Å². The fourth-order valence-corrected chi connectivity index (χ4v) is 4.63. The van der Waals surface area contributed by atoms with E-state index in [-0.39, 0.29) is 30.7 Å². The molecule has 1 aromatic rings. The Labute approximate surface area is 169 Å². The fraction of sp³-hybridized carbons (Fsp3) is 0.650. The zero-order chi connectivity index (χ0) is 16.6. The molecule has 1 amide bonds. The number of carbonyl (C=O) groups is 1. The summed E-state index contributed by atoms with van der Waals surface area (Å²) in [7, 11) is 0. The number of piperidine rings is 1. The van der Waals surface area contributed by atoms with Crippen molar-refractivity contribution in [3.8, 4) is 0 Å². The summed E-state index contributed by atoms with van der Waals surface area (Å²) >= 11 is 0. The van der Waals surface area contributed by atoms with E-state index < -0.39 is 0 Å². The Morgan fingerprint density at radius 3 is 2.35 bits per heavy atom. The van der Waals surface area contributed by atoms with Gasteiger partial charge in [-0.3, -0.25) is 4.79 Å². The molecule has 26 heavy (non-hydrogen) atoms. The van der Waals surface area contributed by atoms with Gasteiger partial charge in [-0.15, -0.1) is 24.8 Å². The molecule has 0 saturated carbocycles. The molecule has 4 nitrogen and oxygen atoms in total. The molecule has 3 heterocycles. The second kappa shape index (κ2) is 8.81. The second-order valence-corrected chi connectivity index (χ2v) is 7.93. The maximum absolute atomic E-state index is 13.2. The van der Waals surface area contributed by atoms with Gasteiger partial charge in [0.2, 0.25) is 0 Å². The summed E-state index contributed by atoms with van der Waals surface area (Å²) in [6, 6.07) is 6.39. The molecule has 146 valence electrons. The van der Waals surface area contributed by atoms with Gasteiger partial charge >= 0.3 is 0 Å². The lowest BCUT2D eigenvalue weighted by molar-refractivity contribution is 0.0608. The molecule has 0 aliphatic carbocycles. The van der Waals surface area contributed by atoms with Crippen molar-refractivity contribution in [2.75, 3.05) is 44.2 Å². The lowest BCUT2D eigenvalue weighted by Gasteiger charge is -2.39. The van der Waals surface area contributed by atoms with Crippen molar-refractivity contribution >= 4 is 36.4 Å². The van der Waals surface area contributed by atoms with Crippen molar-refractivity contribution in [1.82, 2.24) is 10.2 Å². The van der Waals surface area contributed by atoms with E-state index in [4.69, 9.17) is 0 Å². The smallest absolute Gasteiger partial charge is 0.255 e. The predicted octanol–water partition coefficient (Wildman–Crippen LogP) is 3.65. The van der Waals surface area contributed by atoms with Crippen LogP contribution in [0.25, 0.3) is 0 Å². The van der Waals surface area contributed by atoms with Crippen LogP contribution in [-0.4, -0.2) is 50.1 Å². The summed E-state index contributed by atoms with van der Waals surface area (Å²) < 4.78 is 0. The standard InChI is InChI=1S/C20H29N3O.2ClH/c1-16-4-5-18(22-10-2-3-11-22)17(14-16)19(24)23-12-7-20(8-13-23)6-9-21-15-20;;/h4-5,14,21H,2-3,6-13,15H2,1H3;2*1H. The van der Waals surface area contributed by atoms with Crippen LogP contribution in [0, 0.1) is 12.3 Å². The van der Waals surface area contributed by atoms with E-state index in [1.54, 1.807) is 0 Å². The van der Waals surface area contributed by atoms with Gasteiger partial charge in [0.1, 0.15) is 0 Å². The number of hydrogen-bond donors (Lipinski definition) is 1. The number of likely N-dealkylation sites (tertiary alicyclic amines) is 1. The monoisotopic (exact) mass is 399 g/mol. The molecule has 6 heteroatoms. The Balaban J connectivity index is 0.00000121. The molecule has 0 atom stereocenters. The first-order valence-electron chi connectivity index (χ1n) is 9.53. The lowest BCUT2D eigenvalue weighted by Crippen LogP contribution is -2.44. The van der Waals surface area contributed by atoms with E-state index in [9.17, 15) is 4.79 Å². The van der Waals surface area contributed by atoms with E-state index in [0.717, 1.165) is 63.4 Å². The van der Waals surface area contributed by atoms with E-state index >= 15 is 0 Å². The number of nitrogens with one attached hydrogen (secondary N) is 1. The van der Waals surface area contributed by atoms with Crippen LogP contribution in [0.3, 0.4) is 0 Å². The maximum Gasteiger partial charge on any atom is 0.255 e. The SMILES string of the molecule is Cc1ccc(N2CCCC2)c(C(=O)N2CCC3(CCNC3)CC2)c1.Cl.Cl. The van der Waals surface area contributed by atoms with Gasteiger partial charge in [-0.1, -0.05) is 11.6 Å². The van der Waals surface area contributed by atoms with Crippen molar-refractivity contribution in [3.05, 3.63) is 29.3 Å². The van der Waals surface area contributed by atoms with Crippen LogP contribution in [0.15, 0.2) is 18.2 Å². The van der Waals surface area contributed by atoms with Gasteiger partial charge in [0, 0.05) is 38.4 Å². The Morgan fingerprint density at radius 2 is 1.73 bits per heavy atom. The Bertz CT molecular complexity index is 615. The summed E-state index contributed by atoms with van der Waals surface area (Å²) in [5, 5.41) is 3.50. The lowest BCUT2D eigenvalue weighted by atomic mass is 9.77. The highest BCUT2D eigenvalue weighted by Gasteiger charge is 2.38. The van der Waals surface area contributed by atoms with Gasteiger partial charge in [-0.25, -0.2) is 0 Å². The number of rotatable bonds is 2. The van der Waals surface area contributed by atoms with E-state index in [1.807, 2.05) is 0 Å². The molecule has 3 fully saturated rings. The van der Waals surface area contributed by atoms with Gasteiger partial charge < -0.3 is 15.1 Å². The molecule has 1 spiro atoms. The average molecular weight is 400 g/mol. The molecule has 0 aromatic heterocycles. The molecular formula is C20H31Cl2N3O. The summed E-state index contributed by atoms with van der Waals surface area (Å²) in [4.78, 5) is 17.7. The summed E-state index contributed by atoms with van der Waals surface area (Å²) in [6.07, 6.45) is 6.05. The second-order valence-electron chi connectivity index (χ2n) is 7.93. The minimum atomic E-state index is 0. The number of halogens is 2. The molecule has 0 unspecified atom stereocenters. The van der Waals surface area contributed by atoms with Crippen LogP contribution in [0.2, 0.25) is 0 Å². The first-order chi connectivity index (χ1) is 11.7. The van der Waals surface area contributed by atoms with Crippen LogP contribution in [0.1, 0.15) is 48.0 Å². The van der Waals surface area contributed by atoms with Gasteiger partial charge in [0.05, 0.1) is 5.56 Å². The molecule has 3 aliphatic rings. The zero-order valence-electron chi connectivity index (χ0n) is 15.6. The van der Waals surface area contributed by atoms with Crippen molar-refractivity contribution in [1.29, 1.82) is 0 Å². The number of carbonyl (C=O) groups excluding carboxylic acids is 1. The first-order valence-corrected chi connectivity index (χ1v) is 9.53. The van der Waals surface area contributed by atoms with Crippen molar-refractivity contribution in [2.45, 2.75) is 39.0 Å². The van der Waals surface area contributed by atoms with Crippen molar-refractivity contribution in [2.24, 2.45) is 5.41 Å². The minimum absolute atomic E-state index is 0. The van der Waals surface area contributed by atoms with Crippen LogP contribution < -0.4 is 10.2 Å². The molecule has 4 rings (SSSR count). The minimum Gasteiger partial charge on any atom is -0.371 e. The molecule has 1 aromatic carbocycles. The van der Waals surface area contributed by atoms with Gasteiger partial charge in [-0.2, -0.15) is 0 Å². The topological polar surface area (TPSA) is 35.6 Å². The van der Waals surface area contributed by atoms with Gasteiger partial charge in [0.25, 0.3) is 5.91 Å². The molecule has 0 bridgehead atoms. The molecule has 3 saturated heterocycles. The molecular weight excluding hydrogens is 369 g/mol. The normalized spacial score (nSPS) is 21.4. The highest BCUT2D eigenvalue weighted by atomic mass is 35.5. The Hall–Kier alpha value is -0.970. The van der Waals surface area contributed by atoms with Crippen LogP contribution in [-0.2, 0) is 0 Å². The van der Waals surface area contributed by atoms with Gasteiger partial charge in [-0.05, 0) is 63.1 Å². The Morgan fingerprint density at radius 1 is 1.04 bits per heavy atom. The van der Waals surface area contributed by atoms with E-state index in [2.05, 4.69) is 40.2 Å². The summed E-state index contributed by atoms with van der Waals surface area (Å²) in [6.45, 7) is 8.35. The largest absolute Gasteiger partial charge is 0.371 e. The van der Waals surface area contributed by atoms with Crippen LogP contribution in [0.5, 0.6) is 0 Å². The maximum atomic E-state index is 13.2. The van der Waals surface area contributed by atoms with E-state index in [0.29, 0.717) is 5.41 Å². The Kier molecular flexibility index (Phi) is 7.23. The first kappa shape index (κ1) is 21.3. The zero-order valence-corrected chi connectivity index (χ0v) is 17.3. The third-order valence-electron chi connectivity index (χ3n) is 6.27. The van der Waals surface area contributed by atoms with E-state index in [1.165, 1.54) is 24.8 Å². The predicted molar refractivity (Wildman–Crippen MR) is 112 cm³/mol. The molecule has 1 N–H and O–H groups in total. The summed E-state index contributed by atoms with van der Waals surface area (Å²) in [5.41, 5.74) is 3.69. The van der Waals surface area contributed by atoms with Gasteiger partial charge in [0.15, 0.2) is 0 Å².